The molecule has 8 nitrogen and oxygen atoms in total. The SMILES string of the molecule is CCCN(Cc1nnc(-c2ccco2)o1)C(=O)c1cn2ccc(C)cc2n1. The Morgan fingerprint density at radius 2 is 2.19 bits per heavy atom. The second kappa shape index (κ2) is 7.06. The molecule has 0 bridgehead atoms. The summed E-state index contributed by atoms with van der Waals surface area (Å²) < 4.78 is 12.7. The standard InChI is InChI=1S/C19H19N5O3/c1-3-7-24(12-17-21-22-18(27-17)15-5-4-9-26-15)19(25)14-11-23-8-6-13(2)10-16(23)20-14/h4-6,8-11H,3,7,12H2,1-2H3. The van der Waals surface area contributed by atoms with Crippen LogP contribution in [0.25, 0.3) is 17.3 Å². The molecule has 0 spiro atoms. The van der Waals surface area contributed by atoms with Crippen molar-refractivity contribution in [1.29, 1.82) is 0 Å². The summed E-state index contributed by atoms with van der Waals surface area (Å²) in [5.74, 6) is 0.971. The van der Waals surface area contributed by atoms with E-state index in [4.69, 9.17) is 8.83 Å². The average molecular weight is 365 g/mol. The first-order valence-corrected chi connectivity index (χ1v) is 8.75. The minimum Gasteiger partial charge on any atom is -0.459 e. The van der Waals surface area contributed by atoms with Crippen LogP contribution in [0.5, 0.6) is 0 Å². The van der Waals surface area contributed by atoms with Crippen molar-refractivity contribution in [2.24, 2.45) is 0 Å². The second-order valence-electron chi connectivity index (χ2n) is 6.30. The number of imidazole rings is 1. The van der Waals surface area contributed by atoms with Crippen LogP contribution in [0.4, 0.5) is 0 Å². The van der Waals surface area contributed by atoms with Gasteiger partial charge in [0.1, 0.15) is 11.3 Å². The number of hydrogen-bond donors (Lipinski definition) is 0. The lowest BCUT2D eigenvalue weighted by molar-refractivity contribution is 0.0723. The van der Waals surface area contributed by atoms with Gasteiger partial charge in [0.25, 0.3) is 11.8 Å². The quantitative estimate of drug-likeness (QED) is 0.521. The Hall–Kier alpha value is -3.42. The Morgan fingerprint density at radius 3 is 2.96 bits per heavy atom. The number of amides is 1. The molecule has 0 aliphatic heterocycles. The van der Waals surface area contributed by atoms with Gasteiger partial charge in [0.05, 0.1) is 12.8 Å². The van der Waals surface area contributed by atoms with Crippen molar-refractivity contribution in [1.82, 2.24) is 24.5 Å². The van der Waals surface area contributed by atoms with Gasteiger partial charge >= 0.3 is 0 Å². The Balaban J connectivity index is 1.56. The molecule has 4 aromatic rings. The van der Waals surface area contributed by atoms with Crippen molar-refractivity contribution in [3.63, 3.8) is 0 Å². The van der Waals surface area contributed by atoms with Gasteiger partial charge in [-0.2, -0.15) is 0 Å². The van der Waals surface area contributed by atoms with Gasteiger partial charge in [-0.3, -0.25) is 4.79 Å². The predicted octanol–water partition coefficient (Wildman–Crippen LogP) is 3.34. The van der Waals surface area contributed by atoms with Crippen molar-refractivity contribution in [2.45, 2.75) is 26.8 Å². The fourth-order valence-corrected chi connectivity index (χ4v) is 2.85. The zero-order chi connectivity index (χ0) is 18.8. The Labute approximate surface area is 155 Å². The number of aryl methyl sites for hydroxylation is 1. The molecule has 0 N–H and O–H groups in total. The highest BCUT2D eigenvalue weighted by Gasteiger charge is 2.21. The molecule has 4 heterocycles. The molecule has 0 aliphatic rings. The number of aromatic nitrogens is 4. The van der Waals surface area contributed by atoms with Gasteiger partial charge in [-0.05, 0) is 43.2 Å². The highest BCUT2D eigenvalue weighted by atomic mass is 16.4. The number of rotatable bonds is 6. The van der Waals surface area contributed by atoms with Gasteiger partial charge in [0, 0.05) is 18.9 Å². The highest BCUT2D eigenvalue weighted by molar-refractivity contribution is 5.92. The fourth-order valence-electron chi connectivity index (χ4n) is 2.85. The summed E-state index contributed by atoms with van der Waals surface area (Å²) in [6, 6.07) is 7.40. The van der Waals surface area contributed by atoms with Crippen LogP contribution >= 0.6 is 0 Å². The van der Waals surface area contributed by atoms with Crippen molar-refractivity contribution < 1.29 is 13.6 Å². The van der Waals surface area contributed by atoms with Crippen molar-refractivity contribution in [3.05, 3.63) is 60.1 Å². The lowest BCUT2D eigenvalue weighted by Gasteiger charge is -2.18. The van der Waals surface area contributed by atoms with Gasteiger partial charge in [-0.1, -0.05) is 6.92 Å². The third-order valence-electron chi connectivity index (χ3n) is 4.14. The summed E-state index contributed by atoms with van der Waals surface area (Å²) in [6.45, 7) is 4.78. The summed E-state index contributed by atoms with van der Waals surface area (Å²) in [6.07, 6.45) is 5.97. The van der Waals surface area contributed by atoms with E-state index >= 15 is 0 Å². The lowest BCUT2D eigenvalue weighted by atomic mass is 10.3. The number of nitrogens with zero attached hydrogens (tertiary/aromatic N) is 5. The van der Waals surface area contributed by atoms with Crippen molar-refractivity contribution in [2.75, 3.05) is 6.54 Å². The third kappa shape index (κ3) is 3.46. The van der Waals surface area contributed by atoms with Crippen molar-refractivity contribution in [3.8, 4) is 11.7 Å². The molecule has 0 radical (unpaired) electrons. The molecule has 0 saturated heterocycles. The largest absolute Gasteiger partial charge is 0.459 e. The van der Waals surface area contributed by atoms with E-state index in [-0.39, 0.29) is 12.5 Å². The molecule has 27 heavy (non-hydrogen) atoms. The molecular formula is C19H19N5O3. The van der Waals surface area contributed by atoms with Crippen LogP contribution in [0.2, 0.25) is 0 Å². The third-order valence-corrected chi connectivity index (χ3v) is 4.14. The molecule has 1 amide bonds. The molecule has 8 heteroatoms. The summed E-state index contributed by atoms with van der Waals surface area (Å²) in [7, 11) is 0. The van der Waals surface area contributed by atoms with E-state index in [9.17, 15) is 4.79 Å². The second-order valence-corrected chi connectivity index (χ2v) is 6.30. The molecular weight excluding hydrogens is 346 g/mol. The Bertz CT molecular complexity index is 1060. The Kier molecular flexibility index (Phi) is 4.45. The maximum Gasteiger partial charge on any atom is 0.283 e. The topological polar surface area (TPSA) is 89.7 Å². The molecule has 138 valence electrons. The van der Waals surface area contributed by atoms with Crippen LogP contribution in [0.15, 0.2) is 51.8 Å². The van der Waals surface area contributed by atoms with Gasteiger partial charge in [-0.25, -0.2) is 4.98 Å². The number of carbonyl (C=O) groups excluding carboxylic acids is 1. The van der Waals surface area contributed by atoms with E-state index < -0.39 is 0 Å². The van der Waals surface area contributed by atoms with Crippen LogP contribution in [0.1, 0.15) is 35.3 Å². The number of pyridine rings is 1. The van der Waals surface area contributed by atoms with Gasteiger partial charge < -0.3 is 18.1 Å². The summed E-state index contributed by atoms with van der Waals surface area (Å²) in [4.78, 5) is 19.1. The van der Waals surface area contributed by atoms with E-state index in [1.54, 1.807) is 23.2 Å². The van der Waals surface area contributed by atoms with Crippen LogP contribution in [-0.4, -0.2) is 36.9 Å². The number of fused-ring (bicyclic) bond motifs is 1. The zero-order valence-electron chi connectivity index (χ0n) is 15.1. The smallest absolute Gasteiger partial charge is 0.283 e. The predicted molar refractivity (Wildman–Crippen MR) is 97.0 cm³/mol. The van der Waals surface area contributed by atoms with Gasteiger partial charge in [0.2, 0.25) is 5.89 Å². The number of furan rings is 1. The number of carbonyl (C=O) groups is 1. The van der Waals surface area contributed by atoms with E-state index in [1.807, 2.05) is 36.6 Å². The summed E-state index contributed by atoms with van der Waals surface area (Å²) in [5, 5.41) is 8.01. The summed E-state index contributed by atoms with van der Waals surface area (Å²) >= 11 is 0. The van der Waals surface area contributed by atoms with Crippen LogP contribution < -0.4 is 0 Å². The van der Waals surface area contributed by atoms with Crippen LogP contribution in [0.3, 0.4) is 0 Å². The molecule has 4 aromatic heterocycles. The molecule has 4 rings (SSSR count). The minimum atomic E-state index is -0.170. The maximum absolute atomic E-state index is 13.0. The highest BCUT2D eigenvalue weighted by Crippen LogP contribution is 2.19. The molecule has 0 saturated carbocycles. The first-order valence-electron chi connectivity index (χ1n) is 8.75. The number of hydrogen-bond acceptors (Lipinski definition) is 6. The zero-order valence-corrected chi connectivity index (χ0v) is 15.1. The van der Waals surface area contributed by atoms with E-state index in [0.717, 1.165) is 17.6 Å². The lowest BCUT2D eigenvalue weighted by Crippen LogP contribution is -2.31. The van der Waals surface area contributed by atoms with E-state index in [1.165, 1.54) is 6.26 Å². The molecule has 0 unspecified atom stereocenters. The van der Waals surface area contributed by atoms with Crippen LogP contribution in [-0.2, 0) is 6.54 Å². The Morgan fingerprint density at radius 1 is 1.30 bits per heavy atom. The van der Waals surface area contributed by atoms with Gasteiger partial charge in [-0.15, -0.1) is 10.2 Å². The first kappa shape index (κ1) is 17.0. The minimum absolute atomic E-state index is 0.170. The van der Waals surface area contributed by atoms with E-state index in [0.29, 0.717) is 29.8 Å². The average Bonchev–Trinajstić information content (AvgIpc) is 3.40. The molecule has 0 fully saturated rings. The summed E-state index contributed by atoms with van der Waals surface area (Å²) in [5.41, 5.74) is 2.22. The van der Waals surface area contributed by atoms with Crippen molar-refractivity contribution >= 4 is 11.6 Å². The molecule has 0 atom stereocenters. The van der Waals surface area contributed by atoms with Gasteiger partial charge in [0.15, 0.2) is 5.76 Å². The molecule has 0 aromatic carbocycles. The molecule has 0 aliphatic carbocycles. The fraction of sp³-hybridized carbons (Fsp3) is 0.263. The maximum atomic E-state index is 13.0. The first-order chi connectivity index (χ1) is 13.1. The monoisotopic (exact) mass is 365 g/mol. The normalized spacial score (nSPS) is 11.2. The van der Waals surface area contributed by atoms with Crippen LogP contribution in [0, 0.1) is 6.92 Å². The van der Waals surface area contributed by atoms with E-state index in [2.05, 4.69) is 15.2 Å².